The van der Waals surface area contributed by atoms with E-state index in [2.05, 4.69) is 21.7 Å². The van der Waals surface area contributed by atoms with E-state index in [4.69, 9.17) is 5.26 Å². The lowest BCUT2D eigenvalue weighted by Crippen LogP contribution is -2.12. The number of hydrogen-bond acceptors (Lipinski definition) is 4. The number of carbonyl (C=O) groups is 1. The first-order valence-corrected chi connectivity index (χ1v) is 8.41. The molecule has 0 fully saturated rings. The molecular weight excluding hydrogens is 338 g/mol. The number of amides is 1. The first kappa shape index (κ1) is 16.5. The van der Waals surface area contributed by atoms with Gasteiger partial charge in [0.15, 0.2) is 0 Å². The number of nitriles is 1. The van der Waals surface area contributed by atoms with Gasteiger partial charge in [-0.2, -0.15) is 5.26 Å². The van der Waals surface area contributed by atoms with Gasteiger partial charge >= 0.3 is 0 Å². The van der Waals surface area contributed by atoms with E-state index in [1.165, 1.54) is 0 Å². The van der Waals surface area contributed by atoms with Crippen LogP contribution in [0.25, 0.3) is 11.0 Å². The third-order valence-electron chi connectivity index (χ3n) is 4.22. The maximum absolute atomic E-state index is 12.4. The Bertz CT molecular complexity index is 1160. The molecule has 0 saturated carbocycles. The normalized spacial score (nSPS) is 10.5. The van der Waals surface area contributed by atoms with Gasteiger partial charge in [0.05, 0.1) is 23.7 Å². The second kappa shape index (κ2) is 7.10. The van der Waals surface area contributed by atoms with Crippen molar-refractivity contribution in [2.24, 2.45) is 0 Å². The van der Waals surface area contributed by atoms with Crippen LogP contribution in [0.15, 0.2) is 72.8 Å². The highest BCUT2D eigenvalue weighted by molar-refractivity contribution is 6.04. The van der Waals surface area contributed by atoms with E-state index in [9.17, 15) is 4.79 Å². The zero-order valence-electron chi connectivity index (χ0n) is 14.3. The maximum Gasteiger partial charge on any atom is 0.255 e. The molecule has 6 heteroatoms. The van der Waals surface area contributed by atoms with Crippen LogP contribution in [0.1, 0.15) is 21.5 Å². The number of fused-ring (bicyclic) bond motifs is 1. The summed E-state index contributed by atoms with van der Waals surface area (Å²) >= 11 is 0. The van der Waals surface area contributed by atoms with Gasteiger partial charge < -0.3 is 5.32 Å². The highest BCUT2D eigenvalue weighted by Gasteiger charge is 2.08. The second-order valence-corrected chi connectivity index (χ2v) is 6.08. The number of nitrogens with zero attached hydrogens (tertiary/aromatic N) is 4. The molecule has 0 atom stereocenters. The monoisotopic (exact) mass is 353 g/mol. The Morgan fingerprint density at radius 2 is 1.85 bits per heavy atom. The fourth-order valence-corrected chi connectivity index (χ4v) is 2.84. The highest BCUT2D eigenvalue weighted by Crippen LogP contribution is 2.15. The molecule has 0 aliphatic heterocycles. The third kappa shape index (κ3) is 3.53. The van der Waals surface area contributed by atoms with Crippen molar-refractivity contribution in [1.82, 2.24) is 15.0 Å². The van der Waals surface area contributed by atoms with E-state index in [1.54, 1.807) is 36.4 Å². The van der Waals surface area contributed by atoms with E-state index in [1.807, 2.05) is 41.1 Å². The minimum atomic E-state index is -0.220. The van der Waals surface area contributed by atoms with Crippen molar-refractivity contribution in [3.05, 3.63) is 89.5 Å². The molecule has 1 heterocycles. The molecule has 0 bridgehead atoms. The van der Waals surface area contributed by atoms with Crippen LogP contribution >= 0.6 is 0 Å². The highest BCUT2D eigenvalue weighted by atomic mass is 16.1. The molecule has 0 spiro atoms. The smallest absolute Gasteiger partial charge is 0.255 e. The molecule has 4 rings (SSSR count). The molecule has 0 aliphatic carbocycles. The van der Waals surface area contributed by atoms with Crippen molar-refractivity contribution >= 4 is 22.6 Å². The van der Waals surface area contributed by atoms with Crippen LogP contribution in [0.5, 0.6) is 0 Å². The second-order valence-electron chi connectivity index (χ2n) is 6.08. The average Bonchev–Trinajstić information content (AvgIpc) is 3.11. The van der Waals surface area contributed by atoms with Gasteiger partial charge in [-0.15, -0.1) is 5.10 Å². The Morgan fingerprint density at radius 1 is 1.04 bits per heavy atom. The molecular formula is C21H15N5O. The Morgan fingerprint density at radius 3 is 2.67 bits per heavy atom. The Balaban J connectivity index is 1.48. The predicted octanol–water partition coefficient (Wildman–Crippen LogP) is 3.60. The van der Waals surface area contributed by atoms with Crippen molar-refractivity contribution in [1.29, 1.82) is 5.26 Å². The quantitative estimate of drug-likeness (QED) is 0.607. The lowest BCUT2D eigenvalue weighted by molar-refractivity contribution is 0.102. The van der Waals surface area contributed by atoms with Gasteiger partial charge in [-0.1, -0.05) is 35.5 Å². The van der Waals surface area contributed by atoms with E-state index >= 15 is 0 Å². The minimum absolute atomic E-state index is 0.220. The summed E-state index contributed by atoms with van der Waals surface area (Å²) in [5, 5.41) is 20.1. The number of aromatic nitrogens is 3. The Kier molecular flexibility index (Phi) is 4.33. The standard InChI is InChI=1S/C21H15N5O/c22-13-16-4-3-5-18(12-16)23-21(27)17-10-8-15(9-11-17)14-26-20-7-2-1-6-19(20)24-25-26/h1-12H,14H2,(H,23,27). The summed E-state index contributed by atoms with van der Waals surface area (Å²) in [7, 11) is 0. The number of carbonyl (C=O) groups excluding carboxylic acids is 1. The number of benzene rings is 3. The fraction of sp³-hybridized carbons (Fsp3) is 0.0476. The molecule has 1 aromatic heterocycles. The lowest BCUT2D eigenvalue weighted by Gasteiger charge is -2.07. The summed E-state index contributed by atoms with van der Waals surface area (Å²) < 4.78 is 1.83. The molecule has 27 heavy (non-hydrogen) atoms. The number of para-hydroxylation sites is 1. The number of rotatable bonds is 4. The molecule has 0 unspecified atom stereocenters. The summed E-state index contributed by atoms with van der Waals surface area (Å²) in [6.45, 7) is 0.576. The molecule has 6 nitrogen and oxygen atoms in total. The van der Waals surface area contributed by atoms with Gasteiger partial charge in [-0.05, 0) is 48.0 Å². The van der Waals surface area contributed by atoms with Crippen molar-refractivity contribution in [2.75, 3.05) is 5.32 Å². The topological polar surface area (TPSA) is 83.6 Å². The van der Waals surface area contributed by atoms with Gasteiger partial charge in [-0.25, -0.2) is 4.68 Å². The number of nitrogens with one attached hydrogen (secondary N) is 1. The largest absolute Gasteiger partial charge is 0.322 e. The average molecular weight is 353 g/mol. The lowest BCUT2D eigenvalue weighted by atomic mass is 10.1. The summed E-state index contributed by atoms with van der Waals surface area (Å²) in [6.07, 6.45) is 0. The van der Waals surface area contributed by atoms with Crippen LogP contribution in [-0.2, 0) is 6.54 Å². The zero-order valence-corrected chi connectivity index (χ0v) is 14.3. The Labute approximate surface area is 155 Å². The van der Waals surface area contributed by atoms with Crippen molar-refractivity contribution in [2.45, 2.75) is 6.54 Å². The summed E-state index contributed by atoms with van der Waals surface area (Å²) in [5.41, 5.74) is 4.49. The van der Waals surface area contributed by atoms with E-state index in [-0.39, 0.29) is 5.91 Å². The SMILES string of the molecule is N#Cc1cccc(NC(=O)c2ccc(Cn3nnc4ccccc43)cc2)c1. The Hall–Kier alpha value is -3.98. The predicted molar refractivity (Wildman–Crippen MR) is 102 cm³/mol. The summed E-state index contributed by atoms with van der Waals surface area (Å²) in [6, 6.07) is 24.0. The van der Waals surface area contributed by atoms with Crippen LogP contribution in [0, 0.1) is 11.3 Å². The molecule has 1 amide bonds. The van der Waals surface area contributed by atoms with Crippen molar-refractivity contribution in [3.8, 4) is 6.07 Å². The van der Waals surface area contributed by atoms with Crippen molar-refractivity contribution in [3.63, 3.8) is 0 Å². The van der Waals surface area contributed by atoms with E-state index in [0.29, 0.717) is 23.4 Å². The van der Waals surface area contributed by atoms with Gasteiger partial charge in [0.1, 0.15) is 5.52 Å². The molecule has 4 aromatic rings. The summed E-state index contributed by atoms with van der Waals surface area (Å²) in [4.78, 5) is 12.4. The molecule has 0 saturated heterocycles. The van der Waals surface area contributed by atoms with E-state index in [0.717, 1.165) is 16.6 Å². The van der Waals surface area contributed by atoms with Gasteiger partial charge in [0.25, 0.3) is 5.91 Å². The molecule has 3 aromatic carbocycles. The number of hydrogen-bond donors (Lipinski definition) is 1. The van der Waals surface area contributed by atoms with Crippen LogP contribution in [-0.4, -0.2) is 20.9 Å². The first-order chi connectivity index (χ1) is 13.2. The molecule has 130 valence electrons. The van der Waals surface area contributed by atoms with Crippen LogP contribution < -0.4 is 5.32 Å². The minimum Gasteiger partial charge on any atom is -0.322 e. The molecule has 1 N–H and O–H groups in total. The maximum atomic E-state index is 12.4. The van der Waals surface area contributed by atoms with Gasteiger partial charge in [0.2, 0.25) is 0 Å². The molecule has 0 radical (unpaired) electrons. The fourth-order valence-electron chi connectivity index (χ4n) is 2.84. The number of anilines is 1. The molecule has 0 aliphatic rings. The van der Waals surface area contributed by atoms with Crippen LogP contribution in [0.3, 0.4) is 0 Å². The van der Waals surface area contributed by atoms with E-state index < -0.39 is 0 Å². The summed E-state index contributed by atoms with van der Waals surface area (Å²) in [5.74, 6) is -0.220. The van der Waals surface area contributed by atoms with Crippen LogP contribution in [0.2, 0.25) is 0 Å². The van der Waals surface area contributed by atoms with Gasteiger partial charge in [0, 0.05) is 11.3 Å². The third-order valence-corrected chi connectivity index (χ3v) is 4.22. The van der Waals surface area contributed by atoms with Crippen molar-refractivity contribution < 1.29 is 4.79 Å². The first-order valence-electron chi connectivity index (χ1n) is 8.41. The van der Waals surface area contributed by atoms with Crippen LogP contribution in [0.4, 0.5) is 5.69 Å². The van der Waals surface area contributed by atoms with Gasteiger partial charge in [-0.3, -0.25) is 4.79 Å². The zero-order chi connectivity index (χ0) is 18.6.